The molecule has 2 aromatic rings. The van der Waals surface area contributed by atoms with E-state index in [1.165, 1.54) is 16.6 Å². The minimum absolute atomic E-state index is 0.0274. The van der Waals surface area contributed by atoms with Crippen molar-refractivity contribution in [2.75, 3.05) is 6.61 Å². The van der Waals surface area contributed by atoms with Crippen LogP contribution < -0.4 is 5.32 Å². The summed E-state index contributed by atoms with van der Waals surface area (Å²) in [5.74, 6) is -0.111. The molecule has 2 heterocycles. The van der Waals surface area contributed by atoms with E-state index < -0.39 is 0 Å². The van der Waals surface area contributed by atoms with Crippen molar-refractivity contribution in [1.82, 2.24) is 25.5 Å². The number of nitrogens with one attached hydrogen (secondary N) is 1. The molecule has 2 atom stereocenters. The van der Waals surface area contributed by atoms with Crippen LogP contribution in [0.25, 0.3) is 0 Å². The molecule has 7 nitrogen and oxygen atoms in total. The maximum atomic E-state index is 12.1. The van der Waals surface area contributed by atoms with Gasteiger partial charge in [0.1, 0.15) is 19.0 Å². The zero-order valence-corrected chi connectivity index (χ0v) is 12.5. The number of aryl methyl sites for hydroxylation is 1. The zero-order valence-electron chi connectivity index (χ0n) is 12.5. The van der Waals surface area contributed by atoms with E-state index in [2.05, 4.69) is 52.0 Å². The standard InChI is InChI=1S/C15H19N5O2/c1-11-4-6-12(7-5-11)15-13(3-2-8-22-15)17-14(21)9-20-10-16-18-19-20/h4-7,10,13,15H,2-3,8-9H2,1H3,(H,17,21)/t13-,15+/m1/s1. The number of hydrogen-bond acceptors (Lipinski definition) is 5. The molecular weight excluding hydrogens is 282 g/mol. The van der Waals surface area contributed by atoms with E-state index in [-0.39, 0.29) is 24.6 Å². The highest BCUT2D eigenvalue weighted by Gasteiger charge is 2.28. The first kappa shape index (κ1) is 14.6. The second kappa shape index (κ2) is 6.65. The van der Waals surface area contributed by atoms with Crippen LogP contribution in [-0.4, -0.2) is 38.8 Å². The van der Waals surface area contributed by atoms with Gasteiger partial charge in [0, 0.05) is 6.61 Å². The summed E-state index contributed by atoms with van der Waals surface area (Å²) in [6.45, 7) is 2.89. The Morgan fingerprint density at radius 2 is 2.23 bits per heavy atom. The van der Waals surface area contributed by atoms with Crippen molar-refractivity contribution < 1.29 is 9.53 Å². The fourth-order valence-corrected chi connectivity index (χ4v) is 2.67. The molecule has 1 aromatic carbocycles. The molecule has 1 aromatic heterocycles. The van der Waals surface area contributed by atoms with Gasteiger partial charge in [-0.25, -0.2) is 4.68 Å². The third-order valence-electron chi connectivity index (χ3n) is 3.77. The first-order valence-corrected chi connectivity index (χ1v) is 7.40. The van der Waals surface area contributed by atoms with Crippen LogP contribution in [-0.2, 0) is 16.1 Å². The van der Waals surface area contributed by atoms with Crippen LogP contribution in [0.15, 0.2) is 30.6 Å². The van der Waals surface area contributed by atoms with Crippen LogP contribution in [0, 0.1) is 6.92 Å². The second-order valence-electron chi connectivity index (χ2n) is 5.53. The fraction of sp³-hybridized carbons (Fsp3) is 0.467. The van der Waals surface area contributed by atoms with Gasteiger partial charge in [-0.05, 0) is 35.8 Å². The van der Waals surface area contributed by atoms with Crippen LogP contribution in [0.4, 0.5) is 0 Å². The molecule has 1 aliphatic heterocycles. The molecule has 7 heteroatoms. The normalized spacial score (nSPS) is 21.5. The topological polar surface area (TPSA) is 81.9 Å². The first-order valence-electron chi connectivity index (χ1n) is 7.40. The molecule has 116 valence electrons. The molecule has 0 unspecified atom stereocenters. The number of amides is 1. The van der Waals surface area contributed by atoms with Crippen LogP contribution in [0.5, 0.6) is 0 Å². The molecule has 0 spiro atoms. The van der Waals surface area contributed by atoms with Crippen molar-refractivity contribution >= 4 is 5.91 Å². The number of benzene rings is 1. The molecule has 1 aliphatic rings. The molecule has 0 aliphatic carbocycles. The summed E-state index contributed by atoms with van der Waals surface area (Å²) < 4.78 is 7.29. The highest BCUT2D eigenvalue weighted by Crippen LogP contribution is 2.28. The van der Waals surface area contributed by atoms with Gasteiger partial charge < -0.3 is 10.1 Å². The molecule has 1 N–H and O–H groups in total. The van der Waals surface area contributed by atoms with E-state index in [9.17, 15) is 4.79 Å². The van der Waals surface area contributed by atoms with E-state index in [0.717, 1.165) is 25.0 Å². The van der Waals surface area contributed by atoms with Crippen LogP contribution >= 0.6 is 0 Å². The third-order valence-corrected chi connectivity index (χ3v) is 3.77. The van der Waals surface area contributed by atoms with E-state index >= 15 is 0 Å². The molecule has 0 bridgehead atoms. The summed E-state index contributed by atoms with van der Waals surface area (Å²) >= 11 is 0. The lowest BCUT2D eigenvalue weighted by Gasteiger charge is -2.32. The molecular formula is C15H19N5O2. The number of carbonyl (C=O) groups is 1. The maximum absolute atomic E-state index is 12.1. The number of carbonyl (C=O) groups excluding carboxylic acids is 1. The Kier molecular flexibility index (Phi) is 4.43. The monoisotopic (exact) mass is 301 g/mol. The van der Waals surface area contributed by atoms with E-state index in [1.54, 1.807) is 0 Å². The predicted octanol–water partition coefficient (Wildman–Crippen LogP) is 1.02. The number of rotatable bonds is 4. The van der Waals surface area contributed by atoms with Crippen LogP contribution in [0.2, 0.25) is 0 Å². The quantitative estimate of drug-likeness (QED) is 0.911. The molecule has 0 saturated carbocycles. The Balaban J connectivity index is 1.67. The Bertz CT molecular complexity index is 611. The minimum Gasteiger partial charge on any atom is -0.371 e. The summed E-state index contributed by atoms with van der Waals surface area (Å²) in [4.78, 5) is 12.1. The van der Waals surface area contributed by atoms with Crippen molar-refractivity contribution in [3.8, 4) is 0 Å². The minimum atomic E-state index is -0.111. The average molecular weight is 301 g/mol. The van der Waals surface area contributed by atoms with Crippen molar-refractivity contribution in [1.29, 1.82) is 0 Å². The van der Waals surface area contributed by atoms with Gasteiger partial charge in [-0.15, -0.1) is 5.10 Å². The largest absolute Gasteiger partial charge is 0.371 e. The Morgan fingerprint density at radius 1 is 1.41 bits per heavy atom. The van der Waals surface area contributed by atoms with Crippen molar-refractivity contribution in [2.24, 2.45) is 0 Å². The van der Waals surface area contributed by atoms with Gasteiger partial charge >= 0.3 is 0 Å². The first-order chi connectivity index (χ1) is 10.7. The summed E-state index contributed by atoms with van der Waals surface area (Å²) in [6.07, 6.45) is 3.17. The summed E-state index contributed by atoms with van der Waals surface area (Å²) in [6, 6.07) is 8.22. The lowest BCUT2D eigenvalue weighted by Crippen LogP contribution is -2.44. The fourth-order valence-electron chi connectivity index (χ4n) is 2.67. The van der Waals surface area contributed by atoms with E-state index in [4.69, 9.17) is 4.74 Å². The van der Waals surface area contributed by atoms with Crippen LogP contribution in [0.1, 0.15) is 30.1 Å². The Labute approximate surface area is 128 Å². The molecule has 22 heavy (non-hydrogen) atoms. The van der Waals surface area contributed by atoms with Crippen LogP contribution in [0.3, 0.4) is 0 Å². The molecule has 1 amide bonds. The van der Waals surface area contributed by atoms with Crippen molar-refractivity contribution in [2.45, 2.75) is 38.5 Å². The Morgan fingerprint density at radius 3 is 2.95 bits per heavy atom. The van der Waals surface area contributed by atoms with Crippen molar-refractivity contribution in [3.63, 3.8) is 0 Å². The smallest absolute Gasteiger partial charge is 0.242 e. The lowest BCUT2D eigenvalue weighted by atomic mass is 9.95. The maximum Gasteiger partial charge on any atom is 0.242 e. The van der Waals surface area contributed by atoms with Gasteiger partial charge in [-0.3, -0.25) is 4.79 Å². The van der Waals surface area contributed by atoms with Gasteiger partial charge in [-0.1, -0.05) is 29.8 Å². The molecule has 1 saturated heterocycles. The Hall–Kier alpha value is -2.28. The van der Waals surface area contributed by atoms with E-state index in [0.29, 0.717) is 0 Å². The molecule has 1 fully saturated rings. The number of nitrogens with zero attached hydrogens (tertiary/aromatic N) is 4. The highest BCUT2D eigenvalue weighted by atomic mass is 16.5. The van der Waals surface area contributed by atoms with Gasteiger partial charge in [0.15, 0.2) is 0 Å². The average Bonchev–Trinajstić information content (AvgIpc) is 3.01. The van der Waals surface area contributed by atoms with E-state index in [1.807, 2.05) is 0 Å². The number of tetrazole rings is 1. The van der Waals surface area contributed by atoms with Gasteiger partial charge in [0.25, 0.3) is 0 Å². The predicted molar refractivity (Wildman–Crippen MR) is 78.9 cm³/mol. The number of ether oxygens (including phenoxy) is 1. The van der Waals surface area contributed by atoms with Gasteiger partial charge in [-0.2, -0.15) is 0 Å². The third kappa shape index (κ3) is 3.48. The number of aromatic nitrogens is 4. The summed E-state index contributed by atoms with van der Waals surface area (Å²) in [7, 11) is 0. The molecule has 0 radical (unpaired) electrons. The summed E-state index contributed by atoms with van der Waals surface area (Å²) in [5, 5.41) is 13.8. The van der Waals surface area contributed by atoms with Crippen molar-refractivity contribution in [3.05, 3.63) is 41.7 Å². The molecule has 3 rings (SSSR count). The SMILES string of the molecule is Cc1ccc([C@@H]2OCCC[C@H]2NC(=O)Cn2cnnn2)cc1. The summed E-state index contributed by atoms with van der Waals surface area (Å²) in [5.41, 5.74) is 2.30. The number of hydrogen-bond donors (Lipinski definition) is 1. The zero-order chi connectivity index (χ0) is 15.4. The van der Waals surface area contributed by atoms with Gasteiger partial charge in [0.05, 0.1) is 6.04 Å². The second-order valence-corrected chi connectivity index (χ2v) is 5.53. The van der Waals surface area contributed by atoms with Gasteiger partial charge in [0.2, 0.25) is 5.91 Å². The lowest BCUT2D eigenvalue weighted by molar-refractivity contribution is -0.125. The highest BCUT2D eigenvalue weighted by molar-refractivity contribution is 5.76.